The standard InChI is InChI=1S/C9H10FIN2O4/c10-6-1-8(12-3-5(15)4-14)9(13(16)17)2-7(6)11/h1-2,5,12,14-15H,3-4H2. The summed E-state index contributed by atoms with van der Waals surface area (Å²) in [6.45, 7) is -0.578. The molecule has 1 aromatic carbocycles. The molecule has 0 fully saturated rings. The van der Waals surface area contributed by atoms with Crippen LogP contribution in [0, 0.1) is 19.5 Å². The highest BCUT2D eigenvalue weighted by Gasteiger charge is 2.17. The number of benzene rings is 1. The summed E-state index contributed by atoms with van der Waals surface area (Å²) < 4.78 is 13.4. The van der Waals surface area contributed by atoms with E-state index >= 15 is 0 Å². The minimum atomic E-state index is -1.06. The van der Waals surface area contributed by atoms with Gasteiger partial charge in [-0.15, -0.1) is 0 Å². The molecule has 17 heavy (non-hydrogen) atoms. The molecule has 1 atom stereocenters. The Morgan fingerprint density at radius 2 is 2.24 bits per heavy atom. The first-order chi connectivity index (χ1) is 7.95. The van der Waals surface area contributed by atoms with Crippen LogP contribution in [0.2, 0.25) is 0 Å². The van der Waals surface area contributed by atoms with E-state index in [0.717, 1.165) is 12.1 Å². The van der Waals surface area contributed by atoms with E-state index in [9.17, 15) is 14.5 Å². The summed E-state index contributed by atoms with van der Waals surface area (Å²) in [5.74, 6) is -0.586. The number of nitrogens with zero attached hydrogens (tertiary/aromatic N) is 1. The second kappa shape index (κ2) is 6.07. The maximum absolute atomic E-state index is 13.2. The normalized spacial score (nSPS) is 12.2. The van der Waals surface area contributed by atoms with Gasteiger partial charge in [0, 0.05) is 18.7 Å². The lowest BCUT2D eigenvalue weighted by atomic mass is 10.2. The van der Waals surface area contributed by atoms with Crippen molar-refractivity contribution in [2.75, 3.05) is 18.5 Å². The van der Waals surface area contributed by atoms with Crippen molar-refractivity contribution in [3.8, 4) is 0 Å². The molecule has 6 nitrogen and oxygen atoms in total. The number of rotatable bonds is 5. The van der Waals surface area contributed by atoms with Crippen LogP contribution in [-0.2, 0) is 0 Å². The van der Waals surface area contributed by atoms with Crippen molar-refractivity contribution in [1.82, 2.24) is 0 Å². The van der Waals surface area contributed by atoms with Gasteiger partial charge < -0.3 is 15.5 Å². The summed E-state index contributed by atoms with van der Waals surface area (Å²) in [6, 6.07) is 2.09. The molecule has 0 amide bonds. The summed E-state index contributed by atoms with van der Waals surface area (Å²) in [6.07, 6.45) is -1.06. The summed E-state index contributed by atoms with van der Waals surface area (Å²) in [4.78, 5) is 10.1. The first kappa shape index (κ1) is 14.1. The molecule has 94 valence electrons. The van der Waals surface area contributed by atoms with Gasteiger partial charge in [-0.3, -0.25) is 10.1 Å². The second-order valence-electron chi connectivity index (χ2n) is 3.26. The van der Waals surface area contributed by atoms with Crippen LogP contribution < -0.4 is 5.32 Å². The minimum absolute atomic E-state index is 0.0274. The van der Waals surface area contributed by atoms with Crippen molar-refractivity contribution >= 4 is 34.0 Å². The Hall–Kier alpha value is -1.00. The molecule has 0 aromatic heterocycles. The van der Waals surface area contributed by atoms with Crippen LogP contribution >= 0.6 is 22.6 Å². The van der Waals surface area contributed by atoms with Gasteiger partial charge in [0.25, 0.3) is 5.69 Å². The highest BCUT2D eigenvalue weighted by atomic mass is 127. The molecule has 1 unspecified atom stereocenters. The molecule has 1 aromatic rings. The summed E-state index contributed by atoms with van der Waals surface area (Å²) in [5, 5.41) is 30.9. The fourth-order valence-electron chi connectivity index (χ4n) is 1.12. The second-order valence-corrected chi connectivity index (χ2v) is 4.42. The smallest absolute Gasteiger partial charge is 0.293 e. The van der Waals surface area contributed by atoms with E-state index in [1.807, 2.05) is 0 Å². The van der Waals surface area contributed by atoms with Crippen LogP contribution in [0.5, 0.6) is 0 Å². The number of nitrogens with one attached hydrogen (secondary N) is 1. The molecule has 0 spiro atoms. The molecular weight excluding hydrogens is 346 g/mol. The van der Waals surface area contributed by atoms with Gasteiger partial charge >= 0.3 is 0 Å². The molecular formula is C9H10FIN2O4. The average molecular weight is 356 g/mol. The van der Waals surface area contributed by atoms with E-state index in [1.165, 1.54) is 0 Å². The Morgan fingerprint density at radius 3 is 2.76 bits per heavy atom. The highest BCUT2D eigenvalue weighted by Crippen LogP contribution is 2.28. The number of aliphatic hydroxyl groups is 2. The third-order valence-electron chi connectivity index (χ3n) is 1.97. The van der Waals surface area contributed by atoms with Crippen LogP contribution in [0.4, 0.5) is 15.8 Å². The Bertz CT molecular complexity index is 430. The van der Waals surface area contributed by atoms with Crippen LogP contribution in [0.25, 0.3) is 0 Å². The zero-order valence-corrected chi connectivity index (χ0v) is 10.7. The molecule has 0 aliphatic carbocycles. The van der Waals surface area contributed by atoms with E-state index in [0.29, 0.717) is 0 Å². The van der Waals surface area contributed by atoms with Gasteiger partial charge in [0.15, 0.2) is 0 Å². The third kappa shape index (κ3) is 3.75. The maximum Gasteiger partial charge on any atom is 0.293 e. The number of halogens is 2. The van der Waals surface area contributed by atoms with Gasteiger partial charge in [-0.1, -0.05) is 0 Å². The topological polar surface area (TPSA) is 95.6 Å². The van der Waals surface area contributed by atoms with Gasteiger partial charge in [0.05, 0.1) is 21.2 Å². The maximum atomic E-state index is 13.2. The SMILES string of the molecule is O=[N+]([O-])c1cc(I)c(F)cc1NCC(O)CO. The minimum Gasteiger partial charge on any atom is -0.394 e. The largest absolute Gasteiger partial charge is 0.394 e. The van der Waals surface area contributed by atoms with Crippen LogP contribution in [0.3, 0.4) is 0 Å². The predicted octanol–water partition coefficient (Wildman–Crippen LogP) is 1.10. The van der Waals surface area contributed by atoms with Crippen LogP contribution in [-0.4, -0.2) is 34.4 Å². The van der Waals surface area contributed by atoms with E-state index < -0.39 is 23.5 Å². The Balaban J connectivity index is 2.96. The Labute approximate surface area is 110 Å². The van der Waals surface area contributed by atoms with E-state index in [2.05, 4.69) is 5.32 Å². The Kier molecular flexibility index (Phi) is 5.02. The molecule has 0 aliphatic heterocycles. The average Bonchev–Trinajstić information content (AvgIpc) is 2.29. The first-order valence-corrected chi connectivity index (χ1v) is 5.69. The molecule has 0 heterocycles. The quantitative estimate of drug-likeness (QED) is 0.417. The number of aliphatic hydroxyl groups excluding tert-OH is 2. The van der Waals surface area contributed by atoms with E-state index in [4.69, 9.17) is 10.2 Å². The summed E-state index contributed by atoms with van der Waals surface area (Å²) >= 11 is 1.65. The lowest BCUT2D eigenvalue weighted by Crippen LogP contribution is -2.23. The number of anilines is 1. The van der Waals surface area contributed by atoms with Gasteiger partial charge in [0.2, 0.25) is 0 Å². The van der Waals surface area contributed by atoms with Crippen molar-refractivity contribution in [3.63, 3.8) is 0 Å². The first-order valence-electron chi connectivity index (χ1n) is 4.62. The zero-order valence-electron chi connectivity index (χ0n) is 8.56. The van der Waals surface area contributed by atoms with Gasteiger partial charge in [-0.2, -0.15) is 0 Å². The van der Waals surface area contributed by atoms with E-state index in [1.54, 1.807) is 22.6 Å². The fraction of sp³-hybridized carbons (Fsp3) is 0.333. The summed E-state index contributed by atoms with van der Waals surface area (Å²) in [5.41, 5.74) is -0.304. The molecule has 0 bridgehead atoms. The number of hydrogen-bond acceptors (Lipinski definition) is 5. The van der Waals surface area contributed by atoms with Crippen molar-refractivity contribution in [2.24, 2.45) is 0 Å². The van der Waals surface area contributed by atoms with Crippen LogP contribution in [0.15, 0.2) is 12.1 Å². The van der Waals surface area contributed by atoms with Crippen molar-refractivity contribution in [3.05, 3.63) is 31.6 Å². The highest BCUT2D eigenvalue weighted by molar-refractivity contribution is 14.1. The van der Waals surface area contributed by atoms with Gasteiger partial charge in [-0.05, 0) is 22.6 Å². The summed E-state index contributed by atoms with van der Waals surface area (Å²) in [7, 11) is 0. The zero-order chi connectivity index (χ0) is 13.0. The van der Waals surface area contributed by atoms with Crippen LogP contribution in [0.1, 0.15) is 0 Å². The van der Waals surface area contributed by atoms with Crippen molar-refractivity contribution < 1.29 is 19.5 Å². The molecule has 8 heteroatoms. The van der Waals surface area contributed by atoms with E-state index in [-0.39, 0.29) is 21.5 Å². The molecule has 0 saturated heterocycles. The predicted molar refractivity (Wildman–Crippen MR) is 67.4 cm³/mol. The third-order valence-corrected chi connectivity index (χ3v) is 2.80. The monoisotopic (exact) mass is 356 g/mol. The number of nitro groups is 1. The molecule has 0 radical (unpaired) electrons. The molecule has 0 saturated carbocycles. The lowest BCUT2D eigenvalue weighted by Gasteiger charge is -2.10. The molecule has 3 N–H and O–H groups in total. The molecule has 0 aliphatic rings. The number of nitro benzene ring substituents is 1. The fourth-order valence-corrected chi connectivity index (χ4v) is 1.57. The van der Waals surface area contributed by atoms with Crippen molar-refractivity contribution in [1.29, 1.82) is 0 Å². The molecule has 1 rings (SSSR count). The van der Waals surface area contributed by atoms with Crippen molar-refractivity contribution in [2.45, 2.75) is 6.10 Å². The lowest BCUT2D eigenvalue weighted by molar-refractivity contribution is -0.384. The van der Waals surface area contributed by atoms with Gasteiger partial charge in [-0.25, -0.2) is 4.39 Å². The van der Waals surface area contributed by atoms with Gasteiger partial charge in [0.1, 0.15) is 11.5 Å². The Morgan fingerprint density at radius 1 is 1.59 bits per heavy atom. The number of hydrogen-bond donors (Lipinski definition) is 3.